The van der Waals surface area contributed by atoms with Gasteiger partial charge in [0.2, 0.25) is 0 Å². The fraction of sp³-hybridized carbons (Fsp3) is 0.250. The second-order valence-corrected chi connectivity index (χ2v) is 5.60. The zero-order valence-electron chi connectivity index (χ0n) is 11.0. The van der Waals surface area contributed by atoms with Crippen molar-refractivity contribution in [2.75, 3.05) is 0 Å². The van der Waals surface area contributed by atoms with Crippen molar-refractivity contribution < 1.29 is 8.78 Å². The van der Waals surface area contributed by atoms with Crippen molar-refractivity contribution in [3.05, 3.63) is 69.7 Å². The number of benzene rings is 2. The number of hydrogen-bond acceptors (Lipinski definition) is 1. The first kappa shape index (κ1) is 15.1. The number of nitrogens with two attached hydrogens (primary N) is 1. The molecule has 1 nitrogen and oxygen atoms in total. The lowest BCUT2D eigenvalue weighted by atomic mass is 9.99. The van der Waals surface area contributed by atoms with Gasteiger partial charge in [-0.3, -0.25) is 0 Å². The Labute approximate surface area is 125 Å². The lowest BCUT2D eigenvalue weighted by Crippen LogP contribution is -2.15. The fourth-order valence-electron chi connectivity index (χ4n) is 2.20. The highest BCUT2D eigenvalue weighted by molar-refractivity contribution is 9.10. The summed E-state index contributed by atoms with van der Waals surface area (Å²) in [6, 6.07) is 11.9. The van der Waals surface area contributed by atoms with Crippen molar-refractivity contribution >= 4 is 15.9 Å². The Kier molecular flexibility index (Phi) is 5.26. The molecule has 0 aromatic heterocycles. The Bertz CT molecular complexity index is 572. The SMILES string of the molecule is NC(CCCc1ccccc1)c1c(F)ccc(Br)c1F. The van der Waals surface area contributed by atoms with Crippen LogP contribution in [0.4, 0.5) is 8.78 Å². The average Bonchev–Trinajstić information content (AvgIpc) is 2.44. The lowest BCUT2D eigenvalue weighted by Gasteiger charge is -2.14. The maximum atomic E-state index is 13.9. The number of rotatable bonds is 5. The smallest absolute Gasteiger partial charge is 0.145 e. The molecule has 0 aliphatic rings. The predicted molar refractivity (Wildman–Crippen MR) is 80.4 cm³/mol. The van der Waals surface area contributed by atoms with Crippen LogP contribution in [0, 0.1) is 11.6 Å². The Balaban J connectivity index is 1.99. The van der Waals surface area contributed by atoms with Crippen LogP contribution in [0.15, 0.2) is 46.9 Å². The Morgan fingerprint density at radius 3 is 2.45 bits per heavy atom. The minimum atomic E-state index is -0.629. The van der Waals surface area contributed by atoms with Gasteiger partial charge in [0.15, 0.2) is 0 Å². The van der Waals surface area contributed by atoms with Crippen LogP contribution >= 0.6 is 15.9 Å². The van der Waals surface area contributed by atoms with Gasteiger partial charge in [0.05, 0.1) is 4.47 Å². The molecule has 0 amide bonds. The lowest BCUT2D eigenvalue weighted by molar-refractivity contribution is 0.501. The van der Waals surface area contributed by atoms with E-state index in [1.807, 2.05) is 30.3 Å². The summed E-state index contributed by atoms with van der Waals surface area (Å²) < 4.78 is 27.8. The largest absolute Gasteiger partial charge is 0.324 e. The zero-order valence-corrected chi connectivity index (χ0v) is 12.5. The Hall–Kier alpha value is -1.26. The van der Waals surface area contributed by atoms with Crippen LogP contribution in [0.2, 0.25) is 0 Å². The molecule has 1 unspecified atom stereocenters. The second-order valence-electron chi connectivity index (χ2n) is 4.74. The van der Waals surface area contributed by atoms with Gasteiger partial charge in [-0.25, -0.2) is 8.78 Å². The van der Waals surface area contributed by atoms with Gasteiger partial charge in [-0.15, -0.1) is 0 Å². The molecule has 2 N–H and O–H groups in total. The normalized spacial score (nSPS) is 12.4. The molecule has 2 rings (SSSR count). The van der Waals surface area contributed by atoms with Crippen LogP contribution < -0.4 is 5.73 Å². The molecule has 2 aromatic rings. The van der Waals surface area contributed by atoms with E-state index in [4.69, 9.17) is 5.73 Å². The van der Waals surface area contributed by atoms with Crippen molar-refractivity contribution in [2.24, 2.45) is 5.73 Å². The molecule has 0 heterocycles. The summed E-state index contributed by atoms with van der Waals surface area (Å²) in [6.45, 7) is 0. The Morgan fingerprint density at radius 2 is 1.75 bits per heavy atom. The van der Waals surface area contributed by atoms with Gasteiger partial charge in [0.1, 0.15) is 11.6 Å². The van der Waals surface area contributed by atoms with E-state index < -0.39 is 17.7 Å². The molecule has 0 spiro atoms. The van der Waals surface area contributed by atoms with Crippen molar-refractivity contribution in [2.45, 2.75) is 25.3 Å². The van der Waals surface area contributed by atoms with Gasteiger partial charge in [0.25, 0.3) is 0 Å². The monoisotopic (exact) mass is 339 g/mol. The fourth-order valence-corrected chi connectivity index (χ4v) is 2.54. The molecule has 4 heteroatoms. The molecule has 2 aromatic carbocycles. The van der Waals surface area contributed by atoms with E-state index in [9.17, 15) is 8.78 Å². The third kappa shape index (κ3) is 3.64. The molecule has 0 saturated heterocycles. The minimum absolute atomic E-state index is 0.0348. The van der Waals surface area contributed by atoms with Gasteiger partial charge in [-0.2, -0.15) is 0 Å². The molecular formula is C16H16BrF2N. The summed E-state index contributed by atoms with van der Waals surface area (Å²) in [5.74, 6) is -1.19. The van der Waals surface area contributed by atoms with E-state index >= 15 is 0 Å². The van der Waals surface area contributed by atoms with Gasteiger partial charge >= 0.3 is 0 Å². The number of hydrogen-bond donors (Lipinski definition) is 1. The quantitative estimate of drug-likeness (QED) is 0.781. The maximum absolute atomic E-state index is 13.9. The Morgan fingerprint density at radius 1 is 1.05 bits per heavy atom. The summed E-state index contributed by atoms with van der Waals surface area (Å²) in [5.41, 5.74) is 7.10. The van der Waals surface area contributed by atoms with Gasteiger partial charge in [0, 0.05) is 11.6 Å². The van der Waals surface area contributed by atoms with Crippen LogP contribution in [0.3, 0.4) is 0 Å². The summed E-state index contributed by atoms with van der Waals surface area (Å²) >= 11 is 3.06. The molecule has 20 heavy (non-hydrogen) atoms. The van der Waals surface area contributed by atoms with E-state index in [0.717, 1.165) is 12.8 Å². The van der Waals surface area contributed by atoms with Crippen LogP contribution in [0.25, 0.3) is 0 Å². The van der Waals surface area contributed by atoms with E-state index in [1.165, 1.54) is 17.7 Å². The first-order chi connectivity index (χ1) is 9.59. The van der Waals surface area contributed by atoms with Crippen molar-refractivity contribution in [3.8, 4) is 0 Å². The highest BCUT2D eigenvalue weighted by Crippen LogP contribution is 2.28. The summed E-state index contributed by atoms with van der Waals surface area (Å²) in [7, 11) is 0. The molecule has 0 fully saturated rings. The van der Waals surface area contributed by atoms with Crippen molar-refractivity contribution in [1.82, 2.24) is 0 Å². The van der Waals surface area contributed by atoms with Gasteiger partial charge in [-0.1, -0.05) is 30.3 Å². The van der Waals surface area contributed by atoms with Crippen molar-refractivity contribution in [1.29, 1.82) is 0 Å². The molecule has 106 valence electrons. The standard InChI is InChI=1S/C16H16BrF2N/c17-12-9-10-13(18)15(16(12)19)14(20)8-4-7-11-5-2-1-3-6-11/h1-3,5-6,9-10,14H,4,7-8,20H2. The summed E-state index contributed by atoms with van der Waals surface area (Å²) in [5, 5.41) is 0. The van der Waals surface area contributed by atoms with Gasteiger partial charge < -0.3 is 5.73 Å². The topological polar surface area (TPSA) is 26.0 Å². The predicted octanol–water partition coefficient (Wildman–Crippen LogP) is 4.75. The molecule has 0 radical (unpaired) electrons. The van der Waals surface area contributed by atoms with E-state index in [-0.39, 0.29) is 10.0 Å². The highest BCUT2D eigenvalue weighted by atomic mass is 79.9. The highest BCUT2D eigenvalue weighted by Gasteiger charge is 2.18. The van der Waals surface area contributed by atoms with Gasteiger partial charge in [-0.05, 0) is 52.9 Å². The molecule has 0 bridgehead atoms. The minimum Gasteiger partial charge on any atom is -0.324 e. The van der Waals surface area contributed by atoms with Crippen LogP contribution in [-0.2, 0) is 6.42 Å². The first-order valence-electron chi connectivity index (χ1n) is 6.52. The van der Waals surface area contributed by atoms with Crippen LogP contribution in [-0.4, -0.2) is 0 Å². The molecule has 0 aliphatic heterocycles. The maximum Gasteiger partial charge on any atom is 0.145 e. The van der Waals surface area contributed by atoms with Crippen molar-refractivity contribution in [3.63, 3.8) is 0 Å². The number of halogens is 3. The van der Waals surface area contributed by atoms with Crippen LogP contribution in [0.5, 0.6) is 0 Å². The summed E-state index contributed by atoms with van der Waals surface area (Å²) in [6.07, 6.45) is 2.18. The third-order valence-electron chi connectivity index (χ3n) is 3.27. The summed E-state index contributed by atoms with van der Waals surface area (Å²) in [4.78, 5) is 0. The van der Waals surface area contributed by atoms with Crippen LogP contribution in [0.1, 0.15) is 30.0 Å². The molecular weight excluding hydrogens is 324 g/mol. The second kappa shape index (κ2) is 6.95. The van der Waals surface area contributed by atoms with E-state index in [2.05, 4.69) is 15.9 Å². The average molecular weight is 340 g/mol. The molecule has 1 atom stereocenters. The first-order valence-corrected chi connectivity index (χ1v) is 7.32. The van der Waals surface area contributed by atoms with E-state index in [1.54, 1.807) is 0 Å². The molecule has 0 aliphatic carbocycles. The number of aryl methyl sites for hydroxylation is 1. The molecule has 0 saturated carbocycles. The zero-order chi connectivity index (χ0) is 14.5. The van der Waals surface area contributed by atoms with E-state index in [0.29, 0.717) is 6.42 Å². The third-order valence-corrected chi connectivity index (χ3v) is 3.89.